The summed E-state index contributed by atoms with van der Waals surface area (Å²) < 4.78 is 23.8. The van der Waals surface area contributed by atoms with Crippen LogP contribution in [0.2, 0.25) is 15.1 Å². The second-order valence-electron chi connectivity index (χ2n) is 6.20. The standard InChI is InChI=1S/C22H15Cl3O5P/c1-29-15-7-5-8-16(30-2)19(15)22(27)31(28)17-9-4-3-6-12(17)21(26)18-13(23)10-11-14(24)20(18)25/h3-11H,1-2H3. The maximum absolute atomic E-state index is 13.3. The van der Waals surface area contributed by atoms with Crippen LogP contribution < -0.4 is 14.8 Å². The maximum atomic E-state index is 13.3. The van der Waals surface area contributed by atoms with Crippen LogP contribution in [0.5, 0.6) is 11.5 Å². The van der Waals surface area contributed by atoms with Crippen molar-refractivity contribution in [2.45, 2.75) is 0 Å². The second-order valence-corrected chi connectivity index (χ2v) is 8.87. The lowest BCUT2D eigenvalue weighted by molar-refractivity contribution is 0.103. The van der Waals surface area contributed by atoms with Crippen molar-refractivity contribution in [2.75, 3.05) is 14.2 Å². The van der Waals surface area contributed by atoms with Crippen LogP contribution in [0, 0.1) is 0 Å². The van der Waals surface area contributed by atoms with Crippen molar-refractivity contribution >= 4 is 59.2 Å². The second kappa shape index (κ2) is 9.80. The number of ether oxygens (including phenoxy) is 2. The highest BCUT2D eigenvalue weighted by molar-refractivity contribution is 7.71. The van der Waals surface area contributed by atoms with Gasteiger partial charge in [0.15, 0.2) is 13.6 Å². The molecule has 1 radical (unpaired) electrons. The molecule has 3 aromatic carbocycles. The van der Waals surface area contributed by atoms with Crippen LogP contribution in [0.4, 0.5) is 0 Å². The minimum atomic E-state index is -2.72. The highest BCUT2D eigenvalue weighted by Gasteiger charge is 2.29. The van der Waals surface area contributed by atoms with Crippen LogP contribution in [0.3, 0.4) is 0 Å². The first kappa shape index (κ1) is 23.2. The SMILES string of the molecule is COc1cccc(OC)c1C(=O)[P](=O)c1ccccc1C(=O)c1c(Cl)ccc(Cl)c1Cl. The van der Waals surface area contributed by atoms with Gasteiger partial charge in [0, 0.05) is 5.56 Å². The van der Waals surface area contributed by atoms with Crippen molar-refractivity contribution in [3.63, 3.8) is 0 Å². The third-order valence-corrected chi connectivity index (χ3v) is 7.00. The first-order valence-corrected chi connectivity index (χ1v) is 11.2. The Balaban J connectivity index is 2.12. The van der Waals surface area contributed by atoms with E-state index in [4.69, 9.17) is 44.3 Å². The molecule has 5 nitrogen and oxygen atoms in total. The molecule has 0 bridgehead atoms. The van der Waals surface area contributed by atoms with E-state index in [1.54, 1.807) is 30.3 Å². The number of carbonyl (C=O) groups is 2. The molecule has 9 heteroatoms. The van der Waals surface area contributed by atoms with Gasteiger partial charge < -0.3 is 9.47 Å². The fourth-order valence-electron chi connectivity index (χ4n) is 2.99. The van der Waals surface area contributed by atoms with E-state index in [9.17, 15) is 14.2 Å². The molecule has 3 aromatic rings. The fourth-order valence-corrected chi connectivity index (χ4v) is 4.94. The molecular formula is C22H15Cl3O5P. The van der Waals surface area contributed by atoms with Gasteiger partial charge in [-0.25, -0.2) is 0 Å². The number of halogens is 3. The zero-order valence-electron chi connectivity index (χ0n) is 16.3. The van der Waals surface area contributed by atoms with Gasteiger partial charge in [0.2, 0.25) is 0 Å². The van der Waals surface area contributed by atoms with Crippen molar-refractivity contribution in [3.05, 3.63) is 86.4 Å². The maximum Gasteiger partial charge on any atom is 0.254 e. The lowest BCUT2D eigenvalue weighted by Gasteiger charge is -2.13. The summed E-state index contributed by atoms with van der Waals surface area (Å²) in [5.74, 6) is -0.189. The van der Waals surface area contributed by atoms with Gasteiger partial charge in [-0.2, -0.15) is 0 Å². The predicted molar refractivity (Wildman–Crippen MR) is 122 cm³/mol. The molecule has 0 aliphatic rings. The van der Waals surface area contributed by atoms with Gasteiger partial charge in [-0.05, 0) is 36.4 Å². The summed E-state index contributed by atoms with van der Waals surface area (Å²) >= 11 is 18.4. The molecule has 0 amide bonds. The summed E-state index contributed by atoms with van der Waals surface area (Å²) in [5, 5.41) is 0.239. The van der Waals surface area contributed by atoms with E-state index in [0.717, 1.165) is 0 Å². The molecular weight excluding hydrogens is 482 g/mol. The minimum Gasteiger partial charge on any atom is -0.496 e. The third kappa shape index (κ3) is 4.46. The van der Waals surface area contributed by atoms with E-state index in [-0.39, 0.29) is 48.6 Å². The number of hydrogen-bond acceptors (Lipinski definition) is 5. The Hall–Kier alpha value is -2.43. The first-order valence-electron chi connectivity index (χ1n) is 8.81. The smallest absolute Gasteiger partial charge is 0.254 e. The van der Waals surface area contributed by atoms with Crippen LogP contribution in [0.1, 0.15) is 26.3 Å². The number of carbonyl (C=O) groups excluding carboxylic acids is 2. The highest BCUT2D eigenvalue weighted by atomic mass is 35.5. The Morgan fingerprint density at radius 1 is 0.774 bits per heavy atom. The fraction of sp³-hybridized carbons (Fsp3) is 0.0909. The average Bonchev–Trinajstić information content (AvgIpc) is 2.80. The van der Waals surface area contributed by atoms with E-state index in [1.165, 1.54) is 38.5 Å². The molecule has 0 saturated heterocycles. The van der Waals surface area contributed by atoms with E-state index >= 15 is 0 Å². The lowest BCUT2D eigenvalue weighted by Crippen LogP contribution is -2.17. The number of methoxy groups -OCH3 is 2. The summed E-state index contributed by atoms with van der Waals surface area (Å²) in [6.07, 6.45) is 0. The molecule has 1 unspecified atom stereocenters. The Bertz CT molecular complexity index is 1190. The van der Waals surface area contributed by atoms with Crippen LogP contribution in [0.15, 0.2) is 54.6 Å². The summed E-state index contributed by atoms with van der Waals surface area (Å²) in [6.45, 7) is 0. The van der Waals surface area contributed by atoms with Gasteiger partial charge in [0.1, 0.15) is 17.1 Å². The van der Waals surface area contributed by atoms with Crippen molar-refractivity contribution in [3.8, 4) is 11.5 Å². The normalized spacial score (nSPS) is 11.1. The van der Waals surface area contributed by atoms with Gasteiger partial charge in [-0.1, -0.05) is 53.0 Å². The quantitative estimate of drug-likeness (QED) is 0.222. The molecule has 0 fully saturated rings. The number of ketones is 1. The zero-order chi connectivity index (χ0) is 22.7. The summed E-state index contributed by atoms with van der Waals surface area (Å²) in [4.78, 5) is 26.4. The van der Waals surface area contributed by atoms with Crippen LogP contribution >= 0.6 is 42.6 Å². The zero-order valence-corrected chi connectivity index (χ0v) is 19.5. The average molecular weight is 497 g/mol. The predicted octanol–water partition coefficient (Wildman–Crippen LogP) is 6.19. The van der Waals surface area contributed by atoms with Gasteiger partial charge in [-0.15, -0.1) is 0 Å². The molecule has 3 rings (SSSR count). The monoisotopic (exact) mass is 495 g/mol. The number of benzene rings is 3. The third-order valence-electron chi connectivity index (χ3n) is 4.46. The summed E-state index contributed by atoms with van der Waals surface area (Å²) in [5.41, 5.74) is -0.728. The van der Waals surface area contributed by atoms with Crippen molar-refractivity contribution in [2.24, 2.45) is 0 Å². The van der Waals surface area contributed by atoms with E-state index in [0.29, 0.717) is 0 Å². The van der Waals surface area contributed by atoms with Crippen LogP contribution in [-0.2, 0) is 4.57 Å². The van der Waals surface area contributed by atoms with Gasteiger partial charge >= 0.3 is 0 Å². The number of hydrogen-bond donors (Lipinski definition) is 0. The van der Waals surface area contributed by atoms with Gasteiger partial charge in [-0.3, -0.25) is 14.2 Å². The van der Waals surface area contributed by atoms with Crippen molar-refractivity contribution in [1.82, 2.24) is 0 Å². The topological polar surface area (TPSA) is 69.7 Å². The Morgan fingerprint density at radius 2 is 1.35 bits per heavy atom. The van der Waals surface area contributed by atoms with Gasteiger partial charge in [0.05, 0.1) is 40.2 Å². The Labute approximate surface area is 194 Å². The lowest BCUT2D eigenvalue weighted by atomic mass is 10.0. The Kier molecular flexibility index (Phi) is 7.34. The first-order chi connectivity index (χ1) is 14.8. The molecule has 0 aliphatic carbocycles. The Morgan fingerprint density at radius 3 is 1.97 bits per heavy atom. The van der Waals surface area contributed by atoms with E-state index in [2.05, 4.69) is 0 Å². The van der Waals surface area contributed by atoms with Crippen molar-refractivity contribution in [1.29, 1.82) is 0 Å². The largest absolute Gasteiger partial charge is 0.496 e. The minimum absolute atomic E-state index is 0.0229. The number of rotatable bonds is 7. The molecule has 0 N–H and O–H groups in total. The van der Waals surface area contributed by atoms with Crippen molar-refractivity contribution < 1.29 is 23.6 Å². The summed E-state index contributed by atoms with van der Waals surface area (Å²) in [7, 11) is 0.0598. The molecule has 159 valence electrons. The van der Waals surface area contributed by atoms with E-state index in [1.807, 2.05) is 0 Å². The molecule has 0 heterocycles. The molecule has 0 spiro atoms. The molecule has 31 heavy (non-hydrogen) atoms. The van der Waals surface area contributed by atoms with Crippen LogP contribution in [0.25, 0.3) is 0 Å². The van der Waals surface area contributed by atoms with Crippen LogP contribution in [-0.4, -0.2) is 25.5 Å². The molecule has 1 atom stereocenters. The van der Waals surface area contributed by atoms with E-state index < -0.39 is 19.1 Å². The highest BCUT2D eigenvalue weighted by Crippen LogP contribution is 2.39. The molecule has 0 aromatic heterocycles. The molecule has 0 saturated carbocycles. The molecule has 0 aliphatic heterocycles. The van der Waals surface area contributed by atoms with Gasteiger partial charge in [0.25, 0.3) is 5.52 Å². The summed E-state index contributed by atoms with van der Waals surface area (Å²) in [6, 6.07) is 13.7.